The van der Waals surface area contributed by atoms with Crippen LogP contribution in [0.4, 0.5) is 0 Å². The summed E-state index contributed by atoms with van der Waals surface area (Å²) in [6, 6.07) is 0.666. The van der Waals surface area contributed by atoms with Gasteiger partial charge in [0.2, 0.25) is 0 Å². The van der Waals surface area contributed by atoms with Gasteiger partial charge in [0.15, 0.2) is 0 Å². The molecule has 1 saturated heterocycles. The predicted molar refractivity (Wildman–Crippen MR) is 46.7 cm³/mol. The molecule has 1 heterocycles. The maximum Gasteiger partial charge on any atom is 0.0593 e. The van der Waals surface area contributed by atoms with Gasteiger partial charge in [0, 0.05) is 19.1 Å². The van der Waals surface area contributed by atoms with E-state index in [0.29, 0.717) is 12.0 Å². The van der Waals surface area contributed by atoms with Crippen molar-refractivity contribution >= 4 is 0 Å². The normalized spacial score (nSPS) is 28.9. The minimum Gasteiger partial charge on any atom is -0.380 e. The van der Waals surface area contributed by atoms with E-state index in [1.807, 2.05) is 0 Å². The quantitative estimate of drug-likeness (QED) is 0.570. The van der Waals surface area contributed by atoms with Gasteiger partial charge in [-0.25, -0.2) is 0 Å². The average Bonchev–Trinajstić information content (AvgIpc) is 2.13. The van der Waals surface area contributed by atoms with Gasteiger partial charge in [0.1, 0.15) is 0 Å². The zero-order chi connectivity index (χ0) is 8.27. The summed E-state index contributed by atoms with van der Waals surface area (Å²) in [5, 5.41) is 0. The fraction of sp³-hybridized carbons (Fsp3) is 1.00. The van der Waals surface area contributed by atoms with Gasteiger partial charge in [-0.15, -0.1) is 0 Å². The minimum atomic E-state index is 0.666. The van der Waals surface area contributed by atoms with Crippen molar-refractivity contribution in [3.63, 3.8) is 0 Å². The molecule has 66 valence electrons. The Morgan fingerprint density at radius 2 is 2.18 bits per heavy atom. The van der Waals surface area contributed by atoms with E-state index in [1.165, 1.54) is 6.54 Å². The molecule has 1 aliphatic rings. The molecule has 0 aromatic rings. The van der Waals surface area contributed by atoms with Crippen molar-refractivity contribution in [2.75, 3.05) is 26.3 Å². The molecule has 0 amide bonds. The minimum absolute atomic E-state index is 0.666. The second-order valence-electron chi connectivity index (χ2n) is 3.77. The summed E-state index contributed by atoms with van der Waals surface area (Å²) in [6.45, 7) is 10.9. The third-order valence-electron chi connectivity index (χ3n) is 2.20. The molecule has 0 spiro atoms. The van der Waals surface area contributed by atoms with Gasteiger partial charge in [0.05, 0.1) is 13.2 Å². The number of rotatable bonds is 1. The van der Waals surface area contributed by atoms with Crippen LogP contribution in [0.2, 0.25) is 0 Å². The van der Waals surface area contributed by atoms with Crippen LogP contribution in [0.3, 0.4) is 0 Å². The molecule has 0 aromatic carbocycles. The lowest BCUT2D eigenvalue weighted by molar-refractivity contribution is 0.124. The van der Waals surface area contributed by atoms with Crippen LogP contribution in [-0.4, -0.2) is 37.2 Å². The van der Waals surface area contributed by atoms with Crippen molar-refractivity contribution in [3.8, 4) is 0 Å². The molecule has 0 saturated carbocycles. The molecule has 0 bridgehead atoms. The second kappa shape index (κ2) is 4.07. The summed E-state index contributed by atoms with van der Waals surface area (Å²) < 4.78 is 5.45. The van der Waals surface area contributed by atoms with E-state index >= 15 is 0 Å². The van der Waals surface area contributed by atoms with Crippen LogP contribution in [0.25, 0.3) is 0 Å². The Morgan fingerprint density at radius 3 is 2.82 bits per heavy atom. The summed E-state index contributed by atoms with van der Waals surface area (Å²) in [5.41, 5.74) is 0. The number of nitrogens with zero attached hydrogens (tertiary/aromatic N) is 1. The van der Waals surface area contributed by atoms with Crippen molar-refractivity contribution < 1.29 is 4.74 Å². The lowest BCUT2D eigenvalue weighted by atomic mass is 10.1. The topological polar surface area (TPSA) is 12.5 Å². The fourth-order valence-electron chi connectivity index (χ4n) is 1.48. The first-order chi connectivity index (χ1) is 5.20. The van der Waals surface area contributed by atoms with Gasteiger partial charge in [-0.05, 0) is 19.8 Å². The zero-order valence-corrected chi connectivity index (χ0v) is 7.84. The average molecular weight is 157 g/mol. The van der Waals surface area contributed by atoms with Crippen molar-refractivity contribution in [1.29, 1.82) is 0 Å². The summed E-state index contributed by atoms with van der Waals surface area (Å²) >= 11 is 0. The Bertz CT molecular complexity index is 114. The molecule has 1 aliphatic heterocycles. The molecule has 2 nitrogen and oxygen atoms in total. The third kappa shape index (κ3) is 2.80. The molecular weight excluding hydrogens is 138 g/mol. The monoisotopic (exact) mass is 157 g/mol. The Kier molecular flexibility index (Phi) is 3.34. The third-order valence-corrected chi connectivity index (χ3v) is 2.20. The highest BCUT2D eigenvalue weighted by Gasteiger charge is 2.16. The molecule has 0 radical (unpaired) electrons. The van der Waals surface area contributed by atoms with E-state index in [1.54, 1.807) is 0 Å². The Morgan fingerprint density at radius 1 is 1.45 bits per heavy atom. The summed E-state index contributed by atoms with van der Waals surface area (Å²) in [7, 11) is 0. The van der Waals surface area contributed by atoms with Gasteiger partial charge >= 0.3 is 0 Å². The zero-order valence-electron chi connectivity index (χ0n) is 7.84. The summed E-state index contributed by atoms with van der Waals surface area (Å²) in [6.07, 6.45) is 0. The van der Waals surface area contributed by atoms with Crippen molar-refractivity contribution in [3.05, 3.63) is 0 Å². The van der Waals surface area contributed by atoms with Gasteiger partial charge in [0.25, 0.3) is 0 Å². The molecule has 11 heavy (non-hydrogen) atoms. The van der Waals surface area contributed by atoms with E-state index in [-0.39, 0.29) is 0 Å². The smallest absolute Gasteiger partial charge is 0.0593 e. The molecule has 1 rings (SSSR count). The molecule has 1 fully saturated rings. The number of ether oxygens (including phenoxy) is 1. The maximum absolute atomic E-state index is 5.45. The number of hydrogen-bond donors (Lipinski definition) is 0. The maximum atomic E-state index is 5.45. The van der Waals surface area contributed by atoms with Crippen LogP contribution in [0.5, 0.6) is 0 Å². The van der Waals surface area contributed by atoms with Crippen LogP contribution in [0.1, 0.15) is 20.8 Å². The van der Waals surface area contributed by atoms with E-state index in [2.05, 4.69) is 25.7 Å². The van der Waals surface area contributed by atoms with Crippen LogP contribution in [0.15, 0.2) is 0 Å². The lowest BCUT2D eigenvalue weighted by Gasteiger charge is -2.25. The first-order valence-electron chi connectivity index (χ1n) is 4.52. The van der Waals surface area contributed by atoms with Gasteiger partial charge in [-0.3, -0.25) is 4.90 Å². The first-order valence-corrected chi connectivity index (χ1v) is 4.52. The van der Waals surface area contributed by atoms with E-state index in [4.69, 9.17) is 4.74 Å². The highest BCUT2D eigenvalue weighted by Crippen LogP contribution is 2.08. The molecule has 2 heteroatoms. The fourth-order valence-corrected chi connectivity index (χ4v) is 1.48. The van der Waals surface area contributed by atoms with Gasteiger partial charge in [-0.2, -0.15) is 0 Å². The number of hydrogen-bond acceptors (Lipinski definition) is 2. The van der Waals surface area contributed by atoms with Gasteiger partial charge in [-0.1, -0.05) is 6.92 Å². The Balaban J connectivity index is 2.39. The van der Waals surface area contributed by atoms with E-state index in [9.17, 15) is 0 Å². The van der Waals surface area contributed by atoms with E-state index < -0.39 is 0 Å². The molecule has 1 atom stereocenters. The summed E-state index contributed by atoms with van der Waals surface area (Å²) in [4.78, 5) is 2.48. The largest absolute Gasteiger partial charge is 0.380 e. The van der Waals surface area contributed by atoms with Crippen LogP contribution in [0, 0.1) is 5.92 Å². The van der Waals surface area contributed by atoms with Crippen molar-refractivity contribution in [1.82, 2.24) is 4.90 Å². The highest BCUT2D eigenvalue weighted by atomic mass is 16.5. The highest BCUT2D eigenvalue weighted by molar-refractivity contribution is 4.68. The molecule has 0 unspecified atom stereocenters. The standard InChI is InChI=1S/C9H19NO/c1-8(2)10-4-5-11-7-9(3)6-10/h8-9H,4-7H2,1-3H3/t9-/m0/s1. The molecule has 0 N–H and O–H groups in total. The van der Waals surface area contributed by atoms with Crippen LogP contribution < -0.4 is 0 Å². The van der Waals surface area contributed by atoms with Crippen molar-refractivity contribution in [2.24, 2.45) is 5.92 Å². The predicted octanol–water partition coefficient (Wildman–Crippen LogP) is 1.36. The van der Waals surface area contributed by atoms with Crippen LogP contribution in [-0.2, 0) is 4.74 Å². The Labute approximate surface area is 69.5 Å². The molecule has 0 aliphatic carbocycles. The summed E-state index contributed by atoms with van der Waals surface area (Å²) in [5.74, 6) is 0.694. The Hall–Kier alpha value is -0.0800. The van der Waals surface area contributed by atoms with Crippen molar-refractivity contribution in [2.45, 2.75) is 26.8 Å². The molecule has 0 aromatic heterocycles. The van der Waals surface area contributed by atoms with E-state index in [0.717, 1.165) is 19.8 Å². The lowest BCUT2D eigenvalue weighted by Crippen LogP contribution is -2.35. The second-order valence-corrected chi connectivity index (χ2v) is 3.77. The van der Waals surface area contributed by atoms with Crippen LogP contribution >= 0.6 is 0 Å². The molecular formula is C9H19NO. The van der Waals surface area contributed by atoms with Gasteiger partial charge < -0.3 is 4.74 Å². The first kappa shape index (κ1) is 9.01. The SMILES string of the molecule is CC(C)N1CCOC[C@@H](C)C1.